The van der Waals surface area contributed by atoms with Gasteiger partial charge >= 0.3 is 0 Å². The minimum atomic E-state index is -0.195. The zero-order valence-electron chi connectivity index (χ0n) is 9.79. The average Bonchev–Trinajstić information content (AvgIpc) is 2.12. The number of nitrogens with two attached hydrogens (primary N) is 1. The van der Waals surface area contributed by atoms with E-state index in [1.54, 1.807) is 0 Å². The predicted octanol–water partition coefficient (Wildman–Crippen LogP) is 2.15. The molecule has 0 spiro atoms. The van der Waals surface area contributed by atoms with Gasteiger partial charge < -0.3 is 10.5 Å². The van der Waals surface area contributed by atoms with Crippen molar-refractivity contribution in [2.45, 2.75) is 39.2 Å². The van der Waals surface area contributed by atoms with Gasteiger partial charge in [0.05, 0.1) is 0 Å². The third-order valence-corrected chi connectivity index (χ3v) is 1.83. The number of aryl methyl sites for hydroxylation is 1. The van der Waals surface area contributed by atoms with Crippen LogP contribution >= 0.6 is 0 Å². The van der Waals surface area contributed by atoms with Gasteiger partial charge in [-0.25, -0.2) is 4.98 Å². The summed E-state index contributed by atoms with van der Waals surface area (Å²) in [5.41, 5.74) is 6.31. The van der Waals surface area contributed by atoms with Crippen LogP contribution in [0.4, 0.5) is 0 Å². The third kappa shape index (κ3) is 4.79. The number of pyridine rings is 1. The monoisotopic (exact) mass is 208 g/mol. The van der Waals surface area contributed by atoms with E-state index in [0.717, 1.165) is 18.5 Å². The quantitative estimate of drug-likeness (QED) is 0.824. The first-order valence-electron chi connectivity index (χ1n) is 5.36. The summed E-state index contributed by atoms with van der Waals surface area (Å²) in [5.74, 6) is 0.692. The van der Waals surface area contributed by atoms with Crippen LogP contribution in [0.1, 0.15) is 32.9 Å². The lowest BCUT2D eigenvalue weighted by Gasteiger charge is -2.20. The topological polar surface area (TPSA) is 48.1 Å². The van der Waals surface area contributed by atoms with Crippen LogP contribution in [0, 0.1) is 0 Å². The van der Waals surface area contributed by atoms with Gasteiger partial charge in [-0.2, -0.15) is 0 Å². The number of rotatable bonds is 4. The maximum Gasteiger partial charge on any atom is 0.213 e. The lowest BCUT2D eigenvalue weighted by Crippen LogP contribution is -2.23. The number of hydrogen-bond acceptors (Lipinski definition) is 3. The molecule has 1 aromatic rings. The first kappa shape index (κ1) is 12.0. The first-order chi connectivity index (χ1) is 7.01. The van der Waals surface area contributed by atoms with Crippen LogP contribution in [0.15, 0.2) is 18.2 Å². The van der Waals surface area contributed by atoms with Gasteiger partial charge in [0, 0.05) is 11.8 Å². The fraction of sp³-hybridized carbons (Fsp3) is 0.583. The second-order valence-corrected chi connectivity index (χ2v) is 4.57. The highest BCUT2D eigenvalue weighted by molar-refractivity contribution is 5.16. The summed E-state index contributed by atoms with van der Waals surface area (Å²) in [5, 5.41) is 0. The van der Waals surface area contributed by atoms with Crippen molar-refractivity contribution in [1.29, 1.82) is 0 Å². The molecule has 1 heterocycles. The van der Waals surface area contributed by atoms with Crippen molar-refractivity contribution in [2.75, 3.05) is 6.54 Å². The molecular weight excluding hydrogens is 188 g/mol. The summed E-state index contributed by atoms with van der Waals surface area (Å²) < 4.78 is 5.68. The van der Waals surface area contributed by atoms with Crippen molar-refractivity contribution < 1.29 is 4.74 Å². The van der Waals surface area contributed by atoms with Crippen molar-refractivity contribution in [3.05, 3.63) is 23.9 Å². The summed E-state index contributed by atoms with van der Waals surface area (Å²) in [4.78, 5) is 4.42. The van der Waals surface area contributed by atoms with Crippen LogP contribution in [0.3, 0.4) is 0 Å². The molecule has 0 bridgehead atoms. The zero-order chi connectivity index (χ0) is 11.3. The van der Waals surface area contributed by atoms with Crippen LogP contribution in [0.25, 0.3) is 0 Å². The van der Waals surface area contributed by atoms with E-state index in [1.807, 2.05) is 39.0 Å². The third-order valence-electron chi connectivity index (χ3n) is 1.83. The summed E-state index contributed by atoms with van der Waals surface area (Å²) >= 11 is 0. The molecule has 15 heavy (non-hydrogen) atoms. The molecule has 0 aliphatic rings. The Balaban J connectivity index is 2.66. The summed E-state index contributed by atoms with van der Waals surface area (Å²) in [6.07, 6.45) is 1.88. The Labute approximate surface area is 91.7 Å². The van der Waals surface area contributed by atoms with E-state index >= 15 is 0 Å². The molecule has 1 aromatic heterocycles. The molecule has 0 unspecified atom stereocenters. The molecule has 0 atom stereocenters. The molecule has 0 saturated carbocycles. The number of ether oxygens (including phenoxy) is 1. The Hall–Kier alpha value is -1.09. The minimum Gasteiger partial charge on any atom is -0.472 e. The van der Waals surface area contributed by atoms with Crippen molar-refractivity contribution >= 4 is 0 Å². The minimum absolute atomic E-state index is 0.195. The first-order valence-corrected chi connectivity index (χ1v) is 5.36. The lowest BCUT2D eigenvalue weighted by molar-refractivity contribution is 0.124. The molecule has 84 valence electrons. The highest BCUT2D eigenvalue weighted by Gasteiger charge is 2.12. The van der Waals surface area contributed by atoms with Crippen LogP contribution < -0.4 is 10.5 Å². The maximum absolute atomic E-state index is 5.68. The van der Waals surface area contributed by atoms with Gasteiger partial charge in [-0.1, -0.05) is 6.07 Å². The van der Waals surface area contributed by atoms with Gasteiger partial charge in [-0.05, 0) is 46.2 Å². The SMILES string of the molecule is CC(C)(C)Oc1cccc(CCCN)n1. The number of nitrogens with zero attached hydrogens (tertiary/aromatic N) is 1. The van der Waals surface area contributed by atoms with E-state index in [2.05, 4.69) is 4.98 Å². The Morgan fingerprint density at radius 3 is 2.67 bits per heavy atom. The Bertz CT molecular complexity index is 305. The number of aromatic nitrogens is 1. The highest BCUT2D eigenvalue weighted by Crippen LogP contribution is 2.15. The van der Waals surface area contributed by atoms with Gasteiger partial charge in [-0.15, -0.1) is 0 Å². The summed E-state index contributed by atoms with van der Waals surface area (Å²) in [6.45, 7) is 6.75. The Morgan fingerprint density at radius 1 is 1.33 bits per heavy atom. The van der Waals surface area contributed by atoms with Crippen LogP contribution in [0.2, 0.25) is 0 Å². The van der Waals surface area contributed by atoms with Crippen molar-refractivity contribution in [3.8, 4) is 5.88 Å². The van der Waals surface area contributed by atoms with Gasteiger partial charge in [0.15, 0.2) is 0 Å². The average molecular weight is 208 g/mol. The van der Waals surface area contributed by atoms with E-state index in [4.69, 9.17) is 10.5 Å². The van der Waals surface area contributed by atoms with Crippen molar-refractivity contribution in [1.82, 2.24) is 4.98 Å². The van der Waals surface area contributed by atoms with E-state index in [-0.39, 0.29) is 5.60 Å². The Morgan fingerprint density at radius 2 is 2.07 bits per heavy atom. The molecule has 0 aromatic carbocycles. The predicted molar refractivity (Wildman–Crippen MR) is 62.0 cm³/mol. The van der Waals surface area contributed by atoms with Crippen LogP contribution in [0.5, 0.6) is 5.88 Å². The van der Waals surface area contributed by atoms with Crippen LogP contribution in [-0.4, -0.2) is 17.1 Å². The molecule has 0 aliphatic heterocycles. The summed E-state index contributed by atoms with van der Waals surface area (Å²) in [6, 6.07) is 5.86. The van der Waals surface area contributed by atoms with E-state index < -0.39 is 0 Å². The molecule has 0 radical (unpaired) electrons. The molecule has 0 aliphatic carbocycles. The summed E-state index contributed by atoms with van der Waals surface area (Å²) in [7, 11) is 0. The second kappa shape index (κ2) is 5.12. The van der Waals surface area contributed by atoms with E-state index in [0.29, 0.717) is 12.4 Å². The van der Waals surface area contributed by atoms with Gasteiger partial charge in [0.25, 0.3) is 0 Å². The van der Waals surface area contributed by atoms with Gasteiger partial charge in [0.2, 0.25) is 5.88 Å². The normalized spacial score (nSPS) is 11.5. The second-order valence-electron chi connectivity index (χ2n) is 4.57. The fourth-order valence-electron chi connectivity index (χ4n) is 1.25. The fourth-order valence-corrected chi connectivity index (χ4v) is 1.25. The van der Waals surface area contributed by atoms with Gasteiger partial charge in [-0.3, -0.25) is 0 Å². The molecule has 0 fully saturated rings. The maximum atomic E-state index is 5.68. The molecular formula is C12H20N2O. The smallest absolute Gasteiger partial charge is 0.213 e. The largest absolute Gasteiger partial charge is 0.472 e. The molecule has 3 nitrogen and oxygen atoms in total. The molecule has 1 rings (SSSR count). The highest BCUT2D eigenvalue weighted by atomic mass is 16.5. The Kier molecular flexibility index (Phi) is 4.09. The van der Waals surface area contributed by atoms with E-state index in [9.17, 15) is 0 Å². The van der Waals surface area contributed by atoms with Gasteiger partial charge in [0.1, 0.15) is 5.60 Å². The molecule has 0 amide bonds. The van der Waals surface area contributed by atoms with Crippen molar-refractivity contribution in [2.24, 2.45) is 5.73 Å². The molecule has 0 saturated heterocycles. The standard InChI is InChI=1S/C12H20N2O/c1-12(2,3)15-11-8-4-6-10(14-11)7-5-9-13/h4,6,8H,5,7,9,13H2,1-3H3. The zero-order valence-corrected chi connectivity index (χ0v) is 9.79. The molecule has 3 heteroatoms. The number of hydrogen-bond donors (Lipinski definition) is 1. The molecule has 2 N–H and O–H groups in total. The van der Waals surface area contributed by atoms with Crippen LogP contribution in [-0.2, 0) is 6.42 Å². The van der Waals surface area contributed by atoms with Crippen molar-refractivity contribution in [3.63, 3.8) is 0 Å². The van der Waals surface area contributed by atoms with E-state index in [1.165, 1.54) is 0 Å². The lowest BCUT2D eigenvalue weighted by atomic mass is 10.2.